The molecular formula is C11H22N2O2. The standard InChI is InChI=1S/C11H22N2O2/c1-9(15-2)11(14)13-7-5-3-4-6-10(13)8-12/h9-10H,3-8,12H2,1-2H3. The minimum Gasteiger partial charge on any atom is -0.372 e. The van der Waals surface area contributed by atoms with E-state index in [1.807, 2.05) is 4.90 Å². The lowest BCUT2D eigenvalue weighted by atomic mass is 10.1. The maximum Gasteiger partial charge on any atom is 0.251 e. The summed E-state index contributed by atoms with van der Waals surface area (Å²) in [5.41, 5.74) is 5.71. The number of carbonyl (C=O) groups excluding carboxylic acids is 1. The number of likely N-dealkylation sites (tertiary alicyclic amines) is 1. The maximum absolute atomic E-state index is 12.0. The number of carbonyl (C=O) groups is 1. The van der Waals surface area contributed by atoms with Gasteiger partial charge in [0, 0.05) is 26.2 Å². The van der Waals surface area contributed by atoms with E-state index in [1.54, 1.807) is 14.0 Å². The molecular weight excluding hydrogens is 192 g/mol. The van der Waals surface area contributed by atoms with E-state index < -0.39 is 0 Å². The summed E-state index contributed by atoms with van der Waals surface area (Å²) in [6, 6.07) is 0.206. The molecule has 1 saturated heterocycles. The summed E-state index contributed by atoms with van der Waals surface area (Å²) in [6.07, 6.45) is 4.13. The molecule has 0 aromatic carbocycles. The third-order valence-electron chi connectivity index (χ3n) is 3.13. The van der Waals surface area contributed by atoms with Gasteiger partial charge in [0.25, 0.3) is 5.91 Å². The summed E-state index contributed by atoms with van der Waals surface area (Å²) in [5, 5.41) is 0. The minimum absolute atomic E-state index is 0.0786. The van der Waals surface area contributed by atoms with E-state index in [0.717, 1.165) is 19.4 Å². The van der Waals surface area contributed by atoms with E-state index in [1.165, 1.54) is 12.8 Å². The summed E-state index contributed by atoms with van der Waals surface area (Å²) in [5.74, 6) is 0.0786. The van der Waals surface area contributed by atoms with Gasteiger partial charge in [-0.3, -0.25) is 4.79 Å². The van der Waals surface area contributed by atoms with E-state index in [-0.39, 0.29) is 18.1 Å². The fraction of sp³-hybridized carbons (Fsp3) is 0.909. The zero-order valence-corrected chi connectivity index (χ0v) is 9.74. The monoisotopic (exact) mass is 214 g/mol. The Kier molecular flexibility index (Phi) is 5.05. The van der Waals surface area contributed by atoms with E-state index in [4.69, 9.17) is 10.5 Å². The highest BCUT2D eigenvalue weighted by molar-refractivity contribution is 5.80. The van der Waals surface area contributed by atoms with Crippen molar-refractivity contribution in [3.63, 3.8) is 0 Å². The molecule has 15 heavy (non-hydrogen) atoms. The van der Waals surface area contributed by atoms with Crippen molar-refractivity contribution in [2.45, 2.75) is 44.8 Å². The van der Waals surface area contributed by atoms with Gasteiger partial charge >= 0.3 is 0 Å². The van der Waals surface area contributed by atoms with Crippen LogP contribution in [0, 0.1) is 0 Å². The van der Waals surface area contributed by atoms with E-state index in [9.17, 15) is 4.79 Å². The minimum atomic E-state index is -0.350. The Morgan fingerprint density at radius 2 is 2.27 bits per heavy atom. The lowest BCUT2D eigenvalue weighted by molar-refractivity contribution is -0.143. The molecule has 4 nitrogen and oxygen atoms in total. The first-order valence-electron chi connectivity index (χ1n) is 5.74. The van der Waals surface area contributed by atoms with Crippen LogP contribution in [0.3, 0.4) is 0 Å². The van der Waals surface area contributed by atoms with Crippen LogP contribution >= 0.6 is 0 Å². The van der Waals surface area contributed by atoms with Crippen LogP contribution in [0.1, 0.15) is 32.6 Å². The van der Waals surface area contributed by atoms with Crippen molar-refractivity contribution in [1.29, 1.82) is 0 Å². The Hall–Kier alpha value is -0.610. The number of methoxy groups -OCH3 is 1. The zero-order chi connectivity index (χ0) is 11.3. The van der Waals surface area contributed by atoms with Crippen LogP contribution in [0.2, 0.25) is 0 Å². The van der Waals surface area contributed by atoms with Gasteiger partial charge in [-0.25, -0.2) is 0 Å². The first-order chi connectivity index (χ1) is 7.20. The summed E-state index contributed by atoms with van der Waals surface area (Å²) in [4.78, 5) is 13.9. The van der Waals surface area contributed by atoms with Crippen molar-refractivity contribution >= 4 is 5.91 Å². The number of hydrogen-bond acceptors (Lipinski definition) is 3. The van der Waals surface area contributed by atoms with Crippen molar-refractivity contribution in [2.75, 3.05) is 20.2 Å². The highest BCUT2D eigenvalue weighted by Gasteiger charge is 2.27. The average molecular weight is 214 g/mol. The molecule has 4 heteroatoms. The molecule has 0 radical (unpaired) electrons. The van der Waals surface area contributed by atoms with Gasteiger partial charge in [-0.05, 0) is 19.8 Å². The van der Waals surface area contributed by atoms with Crippen LogP contribution in [-0.2, 0) is 9.53 Å². The topological polar surface area (TPSA) is 55.6 Å². The molecule has 0 aromatic heterocycles. The van der Waals surface area contributed by atoms with Crippen LogP contribution in [0.25, 0.3) is 0 Å². The molecule has 0 bridgehead atoms. The van der Waals surface area contributed by atoms with Gasteiger partial charge in [0.1, 0.15) is 6.10 Å². The van der Waals surface area contributed by atoms with Gasteiger partial charge in [0.15, 0.2) is 0 Å². The van der Waals surface area contributed by atoms with Gasteiger partial charge in [-0.1, -0.05) is 12.8 Å². The summed E-state index contributed by atoms with van der Waals surface area (Å²) >= 11 is 0. The van der Waals surface area contributed by atoms with Crippen LogP contribution in [0.5, 0.6) is 0 Å². The molecule has 2 unspecified atom stereocenters. The summed E-state index contributed by atoms with van der Waals surface area (Å²) in [6.45, 7) is 3.18. The smallest absolute Gasteiger partial charge is 0.251 e. The Morgan fingerprint density at radius 1 is 1.53 bits per heavy atom. The van der Waals surface area contributed by atoms with Gasteiger partial charge in [-0.15, -0.1) is 0 Å². The number of ether oxygens (including phenoxy) is 1. The van der Waals surface area contributed by atoms with Crippen molar-refractivity contribution < 1.29 is 9.53 Å². The zero-order valence-electron chi connectivity index (χ0n) is 9.74. The lowest BCUT2D eigenvalue weighted by Gasteiger charge is -2.30. The molecule has 0 aliphatic carbocycles. The summed E-state index contributed by atoms with van der Waals surface area (Å²) < 4.78 is 5.07. The molecule has 2 N–H and O–H groups in total. The predicted octanol–water partition coefficient (Wildman–Crippen LogP) is 0.751. The van der Waals surface area contributed by atoms with Crippen LogP contribution in [0.4, 0.5) is 0 Å². The number of amides is 1. The van der Waals surface area contributed by atoms with Crippen molar-refractivity contribution in [3.05, 3.63) is 0 Å². The second kappa shape index (κ2) is 6.08. The van der Waals surface area contributed by atoms with E-state index in [0.29, 0.717) is 6.54 Å². The average Bonchev–Trinajstić information content (AvgIpc) is 2.51. The molecule has 0 aromatic rings. The Labute approximate surface area is 91.8 Å². The number of nitrogens with zero attached hydrogens (tertiary/aromatic N) is 1. The molecule has 1 fully saturated rings. The first kappa shape index (κ1) is 12.5. The highest BCUT2D eigenvalue weighted by atomic mass is 16.5. The molecule has 1 aliphatic rings. The number of rotatable bonds is 3. The first-order valence-corrected chi connectivity index (χ1v) is 5.74. The lowest BCUT2D eigenvalue weighted by Crippen LogP contribution is -2.48. The van der Waals surface area contributed by atoms with Crippen molar-refractivity contribution in [3.8, 4) is 0 Å². The molecule has 0 saturated carbocycles. The largest absolute Gasteiger partial charge is 0.372 e. The maximum atomic E-state index is 12.0. The fourth-order valence-electron chi connectivity index (χ4n) is 2.05. The van der Waals surface area contributed by atoms with Crippen LogP contribution < -0.4 is 5.73 Å². The molecule has 1 rings (SSSR count). The quantitative estimate of drug-likeness (QED) is 0.754. The Bertz CT molecular complexity index is 209. The number of hydrogen-bond donors (Lipinski definition) is 1. The normalized spacial score (nSPS) is 24.7. The van der Waals surface area contributed by atoms with Gasteiger partial charge in [-0.2, -0.15) is 0 Å². The van der Waals surface area contributed by atoms with Gasteiger partial charge < -0.3 is 15.4 Å². The van der Waals surface area contributed by atoms with Crippen LogP contribution in [0.15, 0.2) is 0 Å². The van der Waals surface area contributed by atoms with Gasteiger partial charge in [0.05, 0.1) is 0 Å². The molecule has 0 spiro atoms. The molecule has 1 amide bonds. The second-order valence-corrected chi connectivity index (χ2v) is 4.15. The predicted molar refractivity (Wildman–Crippen MR) is 59.5 cm³/mol. The SMILES string of the molecule is COC(C)C(=O)N1CCCCCC1CN. The Morgan fingerprint density at radius 3 is 2.87 bits per heavy atom. The third kappa shape index (κ3) is 3.18. The van der Waals surface area contributed by atoms with E-state index >= 15 is 0 Å². The van der Waals surface area contributed by atoms with E-state index in [2.05, 4.69) is 0 Å². The molecule has 1 aliphatic heterocycles. The van der Waals surface area contributed by atoms with Gasteiger partial charge in [0.2, 0.25) is 0 Å². The van der Waals surface area contributed by atoms with Crippen LogP contribution in [-0.4, -0.2) is 43.2 Å². The molecule has 88 valence electrons. The van der Waals surface area contributed by atoms with Crippen molar-refractivity contribution in [1.82, 2.24) is 4.90 Å². The molecule has 2 atom stereocenters. The molecule has 1 heterocycles. The number of nitrogens with two attached hydrogens (primary N) is 1. The van der Waals surface area contributed by atoms with Crippen molar-refractivity contribution in [2.24, 2.45) is 5.73 Å². The summed E-state index contributed by atoms with van der Waals surface area (Å²) in [7, 11) is 1.57. The highest BCUT2D eigenvalue weighted by Crippen LogP contribution is 2.17. The fourth-order valence-corrected chi connectivity index (χ4v) is 2.05. The Balaban J connectivity index is 2.65. The second-order valence-electron chi connectivity index (χ2n) is 4.15. The third-order valence-corrected chi connectivity index (χ3v) is 3.13.